The van der Waals surface area contributed by atoms with Crippen LogP contribution in [0, 0.1) is 0 Å². The van der Waals surface area contributed by atoms with Gasteiger partial charge in [0.15, 0.2) is 0 Å². The number of hydrogen-bond donors (Lipinski definition) is 0. The van der Waals surface area contributed by atoms with E-state index in [1.807, 2.05) is 0 Å². The second-order valence-electron chi connectivity index (χ2n) is 7.95. The summed E-state index contributed by atoms with van der Waals surface area (Å²) in [5.74, 6) is 2.13. The van der Waals surface area contributed by atoms with Gasteiger partial charge in [-0.2, -0.15) is 4.57 Å². The number of aromatic nitrogens is 2. The average Bonchev–Trinajstić information content (AvgIpc) is 3.10. The van der Waals surface area contributed by atoms with Gasteiger partial charge >= 0.3 is 0 Å². The van der Waals surface area contributed by atoms with E-state index >= 15 is 0 Å². The van der Waals surface area contributed by atoms with Crippen molar-refractivity contribution in [2.45, 2.75) is 57.8 Å². The molecule has 0 aliphatic heterocycles. The van der Waals surface area contributed by atoms with Crippen molar-refractivity contribution in [1.82, 2.24) is 4.57 Å². The molecule has 1 saturated carbocycles. The van der Waals surface area contributed by atoms with Gasteiger partial charge in [0, 0.05) is 6.42 Å². The van der Waals surface area contributed by atoms with Crippen LogP contribution in [0.15, 0.2) is 60.9 Å². The molecule has 2 heteroatoms. The minimum Gasteiger partial charge on any atom is -0.237 e. The van der Waals surface area contributed by atoms with E-state index in [-0.39, 0.29) is 0 Å². The maximum atomic E-state index is 2.35. The summed E-state index contributed by atoms with van der Waals surface area (Å²) in [6, 6.07) is 18.3. The molecule has 3 aromatic rings. The summed E-state index contributed by atoms with van der Waals surface area (Å²) in [4.78, 5) is 0. The molecule has 1 aliphatic rings. The predicted molar refractivity (Wildman–Crippen MR) is 112 cm³/mol. The summed E-state index contributed by atoms with van der Waals surface area (Å²) in [6.07, 6.45) is 13.5. The lowest BCUT2D eigenvalue weighted by Gasteiger charge is -2.22. The van der Waals surface area contributed by atoms with E-state index in [4.69, 9.17) is 0 Å². The fourth-order valence-corrected chi connectivity index (χ4v) is 4.46. The van der Waals surface area contributed by atoms with Crippen molar-refractivity contribution in [2.24, 2.45) is 7.05 Å². The molecule has 0 saturated heterocycles. The molecule has 0 spiro atoms. The highest BCUT2D eigenvalue weighted by Gasteiger charge is 2.16. The van der Waals surface area contributed by atoms with E-state index in [0.717, 1.165) is 18.8 Å². The van der Waals surface area contributed by atoms with Crippen molar-refractivity contribution >= 4 is 0 Å². The third kappa shape index (κ3) is 3.85. The fourth-order valence-electron chi connectivity index (χ4n) is 4.46. The maximum Gasteiger partial charge on any atom is 0.261 e. The Morgan fingerprint density at radius 2 is 1.52 bits per heavy atom. The summed E-state index contributed by atoms with van der Waals surface area (Å²) in [7, 11) is 2.13. The van der Waals surface area contributed by atoms with E-state index < -0.39 is 0 Å². The first kappa shape index (κ1) is 18.0. The van der Waals surface area contributed by atoms with Crippen LogP contribution in [0.5, 0.6) is 0 Å². The second-order valence-corrected chi connectivity index (χ2v) is 7.95. The number of rotatable bonds is 5. The molecular weight excluding hydrogens is 328 g/mol. The zero-order valence-corrected chi connectivity index (χ0v) is 16.7. The zero-order valence-electron chi connectivity index (χ0n) is 16.7. The van der Waals surface area contributed by atoms with Gasteiger partial charge in [0.05, 0.1) is 7.05 Å². The zero-order chi connectivity index (χ0) is 18.6. The third-order valence-electron chi connectivity index (χ3n) is 6.06. The summed E-state index contributed by atoms with van der Waals surface area (Å²) < 4.78 is 4.53. The van der Waals surface area contributed by atoms with E-state index in [9.17, 15) is 0 Å². The largest absolute Gasteiger partial charge is 0.261 e. The molecule has 0 radical (unpaired) electrons. The minimum atomic E-state index is 0.779. The molecule has 140 valence electrons. The first-order valence-electron chi connectivity index (χ1n) is 10.5. The number of nitrogens with zero attached hydrogens (tertiary/aromatic N) is 2. The van der Waals surface area contributed by atoms with Gasteiger partial charge in [-0.25, -0.2) is 4.57 Å². The molecule has 0 bridgehead atoms. The Morgan fingerprint density at radius 1 is 0.889 bits per heavy atom. The summed E-state index contributed by atoms with van der Waals surface area (Å²) in [6.45, 7) is 2.23. The average molecular weight is 360 g/mol. The van der Waals surface area contributed by atoms with Crippen LogP contribution in [0.4, 0.5) is 0 Å². The Morgan fingerprint density at radius 3 is 2.15 bits per heavy atom. The fraction of sp³-hybridized carbons (Fsp3) is 0.400. The van der Waals surface area contributed by atoms with Gasteiger partial charge in [-0.15, -0.1) is 0 Å². The Labute approximate surface area is 163 Å². The lowest BCUT2D eigenvalue weighted by Crippen LogP contribution is -2.31. The van der Waals surface area contributed by atoms with Crippen molar-refractivity contribution in [1.29, 1.82) is 0 Å². The van der Waals surface area contributed by atoms with Crippen LogP contribution in [0.25, 0.3) is 16.8 Å². The molecule has 0 atom stereocenters. The van der Waals surface area contributed by atoms with Gasteiger partial charge in [0.2, 0.25) is 0 Å². The maximum absolute atomic E-state index is 2.35. The molecule has 1 heterocycles. The van der Waals surface area contributed by atoms with Gasteiger partial charge in [0.1, 0.15) is 18.1 Å². The second kappa shape index (κ2) is 8.12. The quantitative estimate of drug-likeness (QED) is 0.496. The molecule has 27 heavy (non-hydrogen) atoms. The highest BCUT2D eigenvalue weighted by Crippen LogP contribution is 2.33. The first-order valence-corrected chi connectivity index (χ1v) is 10.5. The molecule has 1 fully saturated rings. The van der Waals surface area contributed by atoms with E-state index in [0.29, 0.717) is 0 Å². The van der Waals surface area contributed by atoms with Crippen LogP contribution in [0.1, 0.15) is 62.8 Å². The van der Waals surface area contributed by atoms with Crippen molar-refractivity contribution in [3.8, 4) is 16.8 Å². The van der Waals surface area contributed by atoms with Crippen molar-refractivity contribution < 1.29 is 4.57 Å². The van der Waals surface area contributed by atoms with Gasteiger partial charge in [-0.1, -0.05) is 62.6 Å². The smallest absolute Gasteiger partial charge is 0.237 e. The molecule has 0 N–H and O–H groups in total. The minimum absolute atomic E-state index is 0.779. The third-order valence-corrected chi connectivity index (χ3v) is 6.06. The topological polar surface area (TPSA) is 8.81 Å². The number of benzene rings is 2. The van der Waals surface area contributed by atoms with Crippen molar-refractivity contribution in [3.63, 3.8) is 0 Å². The Bertz CT molecular complexity index is 866. The lowest BCUT2D eigenvalue weighted by atomic mass is 9.84. The molecule has 2 nitrogen and oxygen atoms in total. The molecule has 2 aromatic carbocycles. The van der Waals surface area contributed by atoms with Gasteiger partial charge in [-0.3, -0.25) is 0 Å². The molecule has 4 rings (SSSR count). The van der Waals surface area contributed by atoms with Crippen LogP contribution in [-0.2, 0) is 13.5 Å². The number of aryl methyl sites for hydroxylation is 1. The van der Waals surface area contributed by atoms with Crippen LogP contribution >= 0.6 is 0 Å². The van der Waals surface area contributed by atoms with Crippen molar-refractivity contribution in [2.75, 3.05) is 0 Å². The lowest BCUT2D eigenvalue weighted by molar-refractivity contribution is -0.678. The Kier molecular flexibility index (Phi) is 5.42. The van der Waals surface area contributed by atoms with Crippen LogP contribution in [-0.4, -0.2) is 4.57 Å². The molecule has 0 unspecified atom stereocenters. The monoisotopic (exact) mass is 359 g/mol. The molecule has 0 amide bonds. The molecule has 1 aliphatic carbocycles. The van der Waals surface area contributed by atoms with E-state index in [1.54, 1.807) is 0 Å². The number of imidazole rings is 1. The SMILES string of the molecule is CCCc1n(-c2ccc(-c3ccc(C4CCCCC4)cc3)cc2)cc[n+]1C. The van der Waals surface area contributed by atoms with Crippen LogP contribution < -0.4 is 4.57 Å². The van der Waals surface area contributed by atoms with E-state index in [2.05, 4.69) is 84.0 Å². The summed E-state index contributed by atoms with van der Waals surface area (Å²) >= 11 is 0. The highest BCUT2D eigenvalue weighted by molar-refractivity contribution is 5.65. The van der Waals surface area contributed by atoms with Gasteiger partial charge in [0.25, 0.3) is 5.82 Å². The highest BCUT2D eigenvalue weighted by atomic mass is 15.1. The Balaban J connectivity index is 1.54. The predicted octanol–water partition coefficient (Wildman–Crippen LogP) is 5.97. The summed E-state index contributed by atoms with van der Waals surface area (Å²) in [5, 5.41) is 0. The van der Waals surface area contributed by atoms with Crippen LogP contribution in [0.2, 0.25) is 0 Å². The van der Waals surface area contributed by atoms with Gasteiger partial charge < -0.3 is 0 Å². The molecule has 1 aromatic heterocycles. The summed E-state index contributed by atoms with van der Waals surface area (Å²) in [5.41, 5.74) is 5.37. The van der Waals surface area contributed by atoms with Crippen LogP contribution in [0.3, 0.4) is 0 Å². The van der Waals surface area contributed by atoms with E-state index in [1.165, 1.54) is 60.3 Å². The standard InChI is InChI=1S/C25H31N2/c1-3-7-25-26(2)18-19-27(25)24-16-14-23(15-17-24)22-12-10-21(11-13-22)20-8-5-4-6-9-20/h10-20H,3-9H2,1-2H3/q+1. The normalized spacial score (nSPS) is 15.2. The Hall–Kier alpha value is -2.35. The number of hydrogen-bond acceptors (Lipinski definition) is 0. The van der Waals surface area contributed by atoms with Crippen molar-refractivity contribution in [3.05, 3.63) is 72.3 Å². The van der Waals surface area contributed by atoms with Gasteiger partial charge in [-0.05, 0) is 54.0 Å². The first-order chi connectivity index (χ1) is 13.3. The molecular formula is C25H31N2+.